The number of piperazine rings is 1. The minimum absolute atomic E-state index is 0.277. The van der Waals surface area contributed by atoms with E-state index in [1.807, 2.05) is 0 Å². The van der Waals surface area contributed by atoms with Crippen LogP contribution in [-0.4, -0.2) is 61.4 Å². The van der Waals surface area contributed by atoms with Crippen molar-refractivity contribution in [2.45, 2.75) is 31.6 Å². The van der Waals surface area contributed by atoms with Crippen molar-refractivity contribution < 1.29 is 55.9 Å². The summed E-state index contributed by atoms with van der Waals surface area (Å²) in [6.07, 6.45) is -1.07. The van der Waals surface area contributed by atoms with Gasteiger partial charge in [0.05, 0.1) is 21.5 Å². The van der Waals surface area contributed by atoms with Gasteiger partial charge >= 0.3 is 21.7 Å². The fourth-order valence-corrected chi connectivity index (χ4v) is 3.82. The molecule has 0 bridgehead atoms. The molecule has 0 aliphatic carbocycles. The van der Waals surface area contributed by atoms with Crippen molar-refractivity contribution in [2.24, 2.45) is 0 Å². The van der Waals surface area contributed by atoms with E-state index in [4.69, 9.17) is 20.4 Å². The fraction of sp³-hybridized carbons (Fsp3) is 0.375. The first-order valence-electron chi connectivity index (χ1n) is 14.8. The van der Waals surface area contributed by atoms with Gasteiger partial charge in [0.25, 0.3) is 5.69 Å². The summed E-state index contributed by atoms with van der Waals surface area (Å²) in [6.45, 7) is -13.5. The Morgan fingerprint density at radius 3 is 2.41 bits per heavy atom. The number of nitro groups is 1. The van der Waals surface area contributed by atoms with Crippen LogP contribution in [0.4, 0.5) is 29.3 Å². The SMILES string of the molecule is [2H]C1([2H])N(C(=O)OCc2ccccc2)C([2H])([2H])C([2H])([2H])N(c2cc3c(cc2[N+](=O)[O-])C(OS(=O)(=O)C(F)(F)F)=CC(C)(C)O3)C1([2H])[2H]. The predicted molar refractivity (Wildman–Crippen MR) is 132 cm³/mol. The first-order chi connectivity index (χ1) is 21.2. The van der Waals surface area contributed by atoms with Gasteiger partial charge in [0.15, 0.2) is 5.76 Å². The summed E-state index contributed by atoms with van der Waals surface area (Å²) < 4.78 is 146. The first-order valence-corrected chi connectivity index (χ1v) is 12.2. The minimum atomic E-state index is -6.33. The number of amides is 1. The number of hydrogen-bond acceptors (Lipinski definition) is 9. The third-order valence-corrected chi connectivity index (χ3v) is 6.02. The molecule has 0 spiro atoms. The Morgan fingerprint density at radius 1 is 1.18 bits per heavy atom. The maximum atomic E-state index is 13.1. The van der Waals surface area contributed by atoms with Crippen molar-refractivity contribution in [1.29, 1.82) is 0 Å². The molecule has 15 heteroatoms. The Labute approximate surface area is 232 Å². The molecule has 0 radical (unpaired) electrons. The van der Waals surface area contributed by atoms with Gasteiger partial charge in [-0.3, -0.25) is 10.1 Å². The lowest BCUT2D eigenvalue weighted by Gasteiger charge is -2.36. The molecule has 210 valence electrons. The Bertz CT molecular complexity index is 1730. The number of ether oxygens (including phenoxy) is 2. The van der Waals surface area contributed by atoms with Crippen LogP contribution in [0, 0.1) is 10.1 Å². The molecule has 2 aliphatic heterocycles. The Kier molecular flexibility index (Phi) is 5.04. The maximum absolute atomic E-state index is 13.1. The van der Waals surface area contributed by atoms with Gasteiger partial charge in [-0.05, 0) is 19.4 Å². The molecule has 0 atom stereocenters. The van der Waals surface area contributed by atoms with Crippen LogP contribution in [-0.2, 0) is 25.6 Å². The lowest BCUT2D eigenvalue weighted by molar-refractivity contribution is -0.384. The van der Waals surface area contributed by atoms with Crippen LogP contribution in [0.5, 0.6) is 5.75 Å². The maximum Gasteiger partial charge on any atom is 0.534 e. The van der Waals surface area contributed by atoms with Gasteiger partial charge < -0.3 is 23.5 Å². The van der Waals surface area contributed by atoms with E-state index < -0.39 is 98.2 Å². The van der Waals surface area contributed by atoms with Crippen molar-refractivity contribution in [1.82, 2.24) is 4.90 Å². The van der Waals surface area contributed by atoms with E-state index in [0.717, 1.165) is 6.08 Å². The standard InChI is InChI=1S/C24H24F3N3O8S/c1-23(2)14-21(38-39(34,35)24(25,26)27)17-12-19(30(32)33)18(13-20(17)37-23)28-8-10-29(11-9-28)22(31)36-15-16-6-4-3-5-7-16/h3-7,12-14H,8-11,15H2,1-2H3/i8D2,9D2,10D2,11D2. The van der Waals surface area contributed by atoms with Crippen molar-refractivity contribution in [3.63, 3.8) is 0 Å². The summed E-state index contributed by atoms with van der Waals surface area (Å²) in [5.41, 5.74) is -10.6. The van der Waals surface area contributed by atoms with Crippen LogP contribution >= 0.6 is 0 Å². The highest BCUT2D eigenvalue weighted by molar-refractivity contribution is 7.87. The molecule has 0 N–H and O–H groups in total. The van der Waals surface area contributed by atoms with Crippen molar-refractivity contribution in [3.05, 3.63) is 69.8 Å². The Balaban J connectivity index is 1.89. The van der Waals surface area contributed by atoms with Crippen molar-refractivity contribution in [2.75, 3.05) is 30.9 Å². The minimum Gasteiger partial charge on any atom is -0.483 e. The molecular weight excluding hydrogens is 547 g/mol. The molecule has 1 amide bonds. The topological polar surface area (TPSA) is 129 Å². The largest absolute Gasteiger partial charge is 0.534 e. The summed E-state index contributed by atoms with van der Waals surface area (Å²) in [7, 11) is -6.33. The number of halogens is 3. The van der Waals surface area contributed by atoms with E-state index in [1.165, 1.54) is 26.0 Å². The average Bonchev–Trinajstić information content (AvgIpc) is 2.89. The number of benzene rings is 2. The van der Waals surface area contributed by atoms with Crippen LogP contribution in [0.1, 0.15) is 35.9 Å². The highest BCUT2D eigenvalue weighted by Gasteiger charge is 2.50. The third kappa shape index (κ3) is 6.19. The summed E-state index contributed by atoms with van der Waals surface area (Å²) in [5.74, 6) is -1.80. The number of nitrogens with zero attached hydrogens (tertiary/aromatic N) is 3. The molecule has 1 fully saturated rings. The quantitative estimate of drug-likeness (QED) is 0.211. The normalized spacial score (nSPS) is 25.2. The highest BCUT2D eigenvalue weighted by Crippen LogP contribution is 2.45. The second-order valence-corrected chi connectivity index (χ2v) is 9.99. The number of alkyl halides is 3. The Morgan fingerprint density at radius 2 is 1.82 bits per heavy atom. The Hall–Kier alpha value is -4.01. The summed E-state index contributed by atoms with van der Waals surface area (Å²) >= 11 is 0. The molecule has 4 rings (SSSR count). The number of nitro benzene ring substituents is 1. The van der Waals surface area contributed by atoms with E-state index in [1.54, 1.807) is 18.2 Å². The molecule has 1 saturated heterocycles. The number of carbonyl (C=O) groups is 1. The summed E-state index contributed by atoms with van der Waals surface area (Å²) in [6, 6.07) is 8.62. The smallest absolute Gasteiger partial charge is 0.483 e. The van der Waals surface area contributed by atoms with Crippen LogP contribution in [0.25, 0.3) is 5.76 Å². The monoisotopic (exact) mass is 579 g/mol. The molecule has 39 heavy (non-hydrogen) atoms. The molecule has 11 nitrogen and oxygen atoms in total. The number of carbonyl (C=O) groups excluding carboxylic acids is 1. The van der Waals surface area contributed by atoms with Gasteiger partial charge in [-0.15, -0.1) is 0 Å². The molecular formula is C24H24F3N3O8S. The van der Waals surface area contributed by atoms with Crippen molar-refractivity contribution >= 4 is 33.3 Å². The van der Waals surface area contributed by atoms with Gasteiger partial charge in [-0.1, -0.05) is 30.3 Å². The third-order valence-electron chi connectivity index (χ3n) is 5.05. The molecule has 2 aliphatic rings. The first kappa shape index (κ1) is 19.1. The van der Waals surface area contributed by atoms with Gasteiger partial charge in [0, 0.05) is 44.2 Å². The van der Waals surface area contributed by atoms with E-state index in [2.05, 4.69) is 4.18 Å². The van der Waals surface area contributed by atoms with E-state index >= 15 is 0 Å². The van der Waals surface area contributed by atoms with E-state index in [9.17, 15) is 36.5 Å². The lowest BCUT2D eigenvalue weighted by Crippen LogP contribution is -2.49. The molecule has 2 aromatic rings. The molecule has 0 aromatic heterocycles. The molecule has 0 saturated carbocycles. The summed E-state index contributed by atoms with van der Waals surface area (Å²) in [5, 5.41) is 12.2. The van der Waals surface area contributed by atoms with Crippen LogP contribution in [0.15, 0.2) is 48.5 Å². The van der Waals surface area contributed by atoms with Gasteiger partial charge in [-0.2, -0.15) is 21.6 Å². The van der Waals surface area contributed by atoms with E-state index in [-0.39, 0.29) is 4.90 Å². The van der Waals surface area contributed by atoms with E-state index in [0.29, 0.717) is 17.7 Å². The van der Waals surface area contributed by atoms with Crippen LogP contribution in [0.2, 0.25) is 0 Å². The van der Waals surface area contributed by atoms with Crippen LogP contribution in [0.3, 0.4) is 0 Å². The second kappa shape index (κ2) is 10.3. The van der Waals surface area contributed by atoms with Gasteiger partial charge in [0.2, 0.25) is 0 Å². The number of fused-ring (bicyclic) bond motifs is 1. The lowest BCUT2D eigenvalue weighted by atomic mass is 9.99. The zero-order valence-corrected chi connectivity index (χ0v) is 20.8. The van der Waals surface area contributed by atoms with Crippen LogP contribution < -0.4 is 9.64 Å². The zero-order valence-electron chi connectivity index (χ0n) is 28.0. The molecule has 2 aromatic carbocycles. The van der Waals surface area contributed by atoms with Gasteiger partial charge in [0.1, 0.15) is 23.6 Å². The number of hydrogen-bond donors (Lipinski definition) is 0. The second-order valence-electron chi connectivity index (χ2n) is 8.45. The molecule has 0 unspecified atom stereocenters. The zero-order chi connectivity index (χ0) is 35.8. The average molecular weight is 580 g/mol. The summed E-state index contributed by atoms with van der Waals surface area (Å²) in [4.78, 5) is 23.3. The fourth-order valence-electron chi connectivity index (χ4n) is 3.35. The van der Waals surface area contributed by atoms with Crippen molar-refractivity contribution in [3.8, 4) is 5.75 Å². The highest BCUT2D eigenvalue weighted by atomic mass is 32.2. The van der Waals surface area contributed by atoms with Gasteiger partial charge in [-0.25, -0.2) is 4.79 Å². The molecule has 2 heterocycles. The predicted octanol–water partition coefficient (Wildman–Crippen LogP) is 4.43. The number of rotatable bonds is 6. The number of anilines is 1.